The van der Waals surface area contributed by atoms with E-state index >= 15 is 0 Å². The smallest absolute Gasteiger partial charge is 0.237 e. The van der Waals surface area contributed by atoms with Gasteiger partial charge in [-0.3, -0.25) is 4.79 Å². The molecule has 1 saturated heterocycles. The predicted molar refractivity (Wildman–Crippen MR) is 81.5 cm³/mol. The zero-order chi connectivity index (χ0) is 15.2. The van der Waals surface area contributed by atoms with E-state index in [1.807, 2.05) is 25.1 Å². The number of hydrogen-bond donors (Lipinski definition) is 2. The third-order valence-electron chi connectivity index (χ3n) is 3.95. The molecule has 21 heavy (non-hydrogen) atoms. The van der Waals surface area contributed by atoms with Crippen molar-refractivity contribution < 1.29 is 9.18 Å². The maximum atomic E-state index is 13.4. The summed E-state index contributed by atoms with van der Waals surface area (Å²) < 4.78 is 13.4. The van der Waals surface area contributed by atoms with Crippen LogP contribution in [0.15, 0.2) is 24.3 Å². The number of carbonyl (C=O) groups excluding carboxylic acids is 1. The minimum Gasteiger partial charge on any atom is -0.353 e. The van der Waals surface area contributed by atoms with Crippen molar-refractivity contribution in [3.05, 3.63) is 35.6 Å². The molecule has 1 heterocycles. The van der Waals surface area contributed by atoms with E-state index in [2.05, 4.69) is 10.6 Å². The van der Waals surface area contributed by atoms with Gasteiger partial charge in [-0.1, -0.05) is 18.6 Å². The molecule has 1 aliphatic heterocycles. The second-order valence-corrected chi connectivity index (χ2v) is 5.78. The van der Waals surface area contributed by atoms with Gasteiger partial charge in [0.2, 0.25) is 5.91 Å². The van der Waals surface area contributed by atoms with Crippen LogP contribution in [-0.4, -0.2) is 44.0 Å². The van der Waals surface area contributed by atoms with Gasteiger partial charge in [-0.15, -0.1) is 0 Å². The summed E-state index contributed by atoms with van der Waals surface area (Å²) >= 11 is 0. The first kappa shape index (κ1) is 15.9. The molecule has 4 nitrogen and oxygen atoms in total. The molecule has 1 fully saturated rings. The molecular formula is C16H24FN3O. The standard InChI is InChI=1S/C16H24FN3O/c1-20(2)15(12-6-5-7-13(17)10-12)11-19-16(21)14-8-3-4-9-18-14/h5-7,10,14-15,18H,3-4,8-9,11H2,1-2H3,(H,19,21). The van der Waals surface area contributed by atoms with Gasteiger partial charge >= 0.3 is 0 Å². The van der Waals surface area contributed by atoms with Crippen molar-refractivity contribution in [2.24, 2.45) is 0 Å². The first-order valence-electron chi connectivity index (χ1n) is 7.51. The second-order valence-electron chi connectivity index (χ2n) is 5.78. The molecule has 5 heteroatoms. The molecule has 0 radical (unpaired) electrons. The van der Waals surface area contributed by atoms with E-state index in [0.717, 1.165) is 31.4 Å². The number of hydrogen-bond acceptors (Lipinski definition) is 3. The Morgan fingerprint density at radius 3 is 2.90 bits per heavy atom. The Morgan fingerprint density at radius 1 is 1.48 bits per heavy atom. The fourth-order valence-electron chi connectivity index (χ4n) is 2.71. The molecule has 0 aliphatic carbocycles. The van der Waals surface area contributed by atoms with Crippen molar-refractivity contribution in [1.29, 1.82) is 0 Å². The average Bonchev–Trinajstić information content (AvgIpc) is 2.48. The molecule has 2 rings (SSSR count). The highest BCUT2D eigenvalue weighted by Crippen LogP contribution is 2.18. The van der Waals surface area contributed by atoms with Crippen molar-refractivity contribution in [3.8, 4) is 0 Å². The van der Waals surface area contributed by atoms with E-state index in [-0.39, 0.29) is 23.8 Å². The molecule has 2 atom stereocenters. The van der Waals surface area contributed by atoms with Gasteiger partial charge < -0.3 is 15.5 Å². The topological polar surface area (TPSA) is 44.4 Å². The number of benzene rings is 1. The predicted octanol–water partition coefficient (Wildman–Crippen LogP) is 1.69. The zero-order valence-electron chi connectivity index (χ0n) is 12.7. The Kier molecular flexibility index (Phi) is 5.70. The Balaban J connectivity index is 1.95. The monoisotopic (exact) mass is 293 g/mol. The number of carbonyl (C=O) groups is 1. The highest BCUT2D eigenvalue weighted by molar-refractivity contribution is 5.81. The fourth-order valence-corrected chi connectivity index (χ4v) is 2.71. The third-order valence-corrected chi connectivity index (χ3v) is 3.95. The van der Waals surface area contributed by atoms with Crippen molar-refractivity contribution in [3.63, 3.8) is 0 Å². The van der Waals surface area contributed by atoms with Crippen LogP contribution in [0.4, 0.5) is 4.39 Å². The fraction of sp³-hybridized carbons (Fsp3) is 0.562. The lowest BCUT2D eigenvalue weighted by Crippen LogP contribution is -2.48. The van der Waals surface area contributed by atoms with Crippen LogP contribution in [0.2, 0.25) is 0 Å². The Bertz CT molecular complexity index is 472. The number of nitrogens with zero attached hydrogens (tertiary/aromatic N) is 1. The molecule has 1 aliphatic rings. The lowest BCUT2D eigenvalue weighted by atomic mass is 10.0. The van der Waals surface area contributed by atoms with E-state index in [4.69, 9.17) is 0 Å². The molecule has 0 spiro atoms. The summed E-state index contributed by atoms with van der Waals surface area (Å²) in [6.07, 6.45) is 3.11. The highest BCUT2D eigenvalue weighted by atomic mass is 19.1. The summed E-state index contributed by atoms with van der Waals surface area (Å²) in [5, 5.41) is 6.22. The van der Waals surface area contributed by atoms with Crippen LogP contribution >= 0.6 is 0 Å². The molecule has 1 aromatic carbocycles. The minimum atomic E-state index is -0.250. The van der Waals surface area contributed by atoms with Gasteiger partial charge in [0.1, 0.15) is 5.82 Å². The van der Waals surface area contributed by atoms with Gasteiger partial charge in [0.25, 0.3) is 0 Å². The molecule has 0 bridgehead atoms. The van der Waals surface area contributed by atoms with Crippen LogP contribution in [0, 0.1) is 5.82 Å². The normalized spacial score (nSPS) is 20.3. The average molecular weight is 293 g/mol. The summed E-state index contributed by atoms with van der Waals surface area (Å²) in [5.74, 6) is -0.211. The molecule has 1 amide bonds. The van der Waals surface area contributed by atoms with Crippen LogP contribution in [-0.2, 0) is 4.79 Å². The third kappa shape index (κ3) is 4.51. The number of piperidine rings is 1. The molecule has 0 saturated carbocycles. The van der Waals surface area contributed by atoms with E-state index in [9.17, 15) is 9.18 Å². The first-order chi connectivity index (χ1) is 10.1. The molecule has 116 valence electrons. The van der Waals surface area contributed by atoms with E-state index in [0.29, 0.717) is 6.54 Å². The second kappa shape index (κ2) is 7.52. The summed E-state index contributed by atoms with van der Waals surface area (Å²) in [7, 11) is 3.86. The SMILES string of the molecule is CN(C)C(CNC(=O)C1CCCCN1)c1cccc(F)c1. The minimum absolute atomic E-state index is 0.0340. The van der Waals surface area contributed by atoms with Crippen LogP contribution in [0.25, 0.3) is 0 Å². The van der Waals surface area contributed by atoms with Crippen molar-refractivity contribution in [1.82, 2.24) is 15.5 Å². The number of halogens is 1. The Hall–Kier alpha value is -1.46. The summed E-state index contributed by atoms with van der Waals surface area (Å²) in [6, 6.07) is 6.42. The molecule has 2 N–H and O–H groups in total. The number of likely N-dealkylation sites (N-methyl/N-ethyl adjacent to an activating group) is 1. The summed E-state index contributed by atoms with van der Waals surface area (Å²) in [6.45, 7) is 1.38. The Labute approximate surface area is 125 Å². The number of rotatable bonds is 5. The highest BCUT2D eigenvalue weighted by Gasteiger charge is 2.22. The van der Waals surface area contributed by atoms with Crippen molar-refractivity contribution >= 4 is 5.91 Å². The lowest BCUT2D eigenvalue weighted by molar-refractivity contribution is -0.123. The van der Waals surface area contributed by atoms with Crippen LogP contribution in [0.5, 0.6) is 0 Å². The maximum absolute atomic E-state index is 13.4. The number of nitrogens with one attached hydrogen (secondary N) is 2. The van der Waals surface area contributed by atoms with Crippen molar-refractivity contribution in [2.75, 3.05) is 27.2 Å². The maximum Gasteiger partial charge on any atom is 0.237 e. The van der Waals surface area contributed by atoms with Gasteiger partial charge in [-0.2, -0.15) is 0 Å². The van der Waals surface area contributed by atoms with Crippen LogP contribution < -0.4 is 10.6 Å². The zero-order valence-corrected chi connectivity index (χ0v) is 12.7. The van der Waals surface area contributed by atoms with Gasteiger partial charge in [0.05, 0.1) is 12.1 Å². The number of amides is 1. The molecule has 0 aromatic heterocycles. The van der Waals surface area contributed by atoms with E-state index in [1.54, 1.807) is 6.07 Å². The van der Waals surface area contributed by atoms with E-state index in [1.165, 1.54) is 12.1 Å². The van der Waals surface area contributed by atoms with E-state index < -0.39 is 0 Å². The molecule has 2 unspecified atom stereocenters. The quantitative estimate of drug-likeness (QED) is 0.868. The summed E-state index contributed by atoms with van der Waals surface area (Å²) in [4.78, 5) is 14.1. The summed E-state index contributed by atoms with van der Waals surface area (Å²) in [5.41, 5.74) is 0.872. The molecule has 1 aromatic rings. The van der Waals surface area contributed by atoms with Crippen LogP contribution in [0.1, 0.15) is 30.9 Å². The molecular weight excluding hydrogens is 269 g/mol. The first-order valence-corrected chi connectivity index (χ1v) is 7.51. The van der Waals surface area contributed by atoms with Gasteiger partial charge in [-0.25, -0.2) is 4.39 Å². The van der Waals surface area contributed by atoms with Gasteiger partial charge in [-0.05, 0) is 51.2 Å². The van der Waals surface area contributed by atoms with Crippen molar-refractivity contribution in [2.45, 2.75) is 31.3 Å². The lowest BCUT2D eigenvalue weighted by Gasteiger charge is -2.27. The van der Waals surface area contributed by atoms with Gasteiger partial charge in [0, 0.05) is 6.54 Å². The Morgan fingerprint density at radius 2 is 2.29 bits per heavy atom. The van der Waals surface area contributed by atoms with Gasteiger partial charge in [0.15, 0.2) is 0 Å². The largest absolute Gasteiger partial charge is 0.353 e. The van der Waals surface area contributed by atoms with Crippen LogP contribution in [0.3, 0.4) is 0 Å².